The average molecular weight is 320 g/mol. The van der Waals surface area contributed by atoms with Gasteiger partial charge in [0, 0.05) is 23.1 Å². The van der Waals surface area contributed by atoms with E-state index in [-0.39, 0.29) is 11.7 Å². The first-order chi connectivity index (χ1) is 9.11. The van der Waals surface area contributed by atoms with Gasteiger partial charge in [-0.15, -0.1) is 15.7 Å². The number of methoxy groups -OCH3 is 1. The summed E-state index contributed by atoms with van der Waals surface area (Å²) >= 11 is 3.30. The number of aromatic nitrogens is 1. The van der Waals surface area contributed by atoms with Gasteiger partial charge in [-0.3, -0.25) is 4.99 Å². The zero-order valence-electron chi connectivity index (χ0n) is 10.1. The van der Waals surface area contributed by atoms with Crippen LogP contribution < -0.4 is 4.72 Å². The average Bonchev–Trinajstić information content (AvgIpc) is 2.96. The molecule has 0 atom stereocenters. The van der Waals surface area contributed by atoms with Crippen LogP contribution in [-0.4, -0.2) is 44.5 Å². The molecule has 1 aliphatic heterocycles. The van der Waals surface area contributed by atoms with Crippen LogP contribution in [0.15, 0.2) is 21.0 Å². The van der Waals surface area contributed by atoms with E-state index < -0.39 is 10.2 Å². The molecule has 0 saturated heterocycles. The van der Waals surface area contributed by atoms with E-state index in [4.69, 9.17) is 4.74 Å². The number of nitrogens with zero attached hydrogens (tertiary/aromatic N) is 3. The molecule has 1 aromatic rings. The molecule has 0 radical (unpaired) electrons. The van der Waals surface area contributed by atoms with Gasteiger partial charge >= 0.3 is 10.2 Å². The maximum atomic E-state index is 11.2. The summed E-state index contributed by atoms with van der Waals surface area (Å²) in [5.41, 5.74) is 0. The Morgan fingerprint density at radius 3 is 3.11 bits per heavy atom. The molecule has 0 spiro atoms. The summed E-state index contributed by atoms with van der Waals surface area (Å²) in [7, 11) is -2.31. The van der Waals surface area contributed by atoms with E-state index in [2.05, 4.69) is 19.1 Å². The summed E-state index contributed by atoms with van der Waals surface area (Å²) in [5.74, 6) is 1.77. The number of thioether (sulfide) groups is 1. The molecule has 2 heterocycles. The van der Waals surface area contributed by atoms with Crippen molar-refractivity contribution in [2.75, 3.05) is 19.4 Å². The van der Waals surface area contributed by atoms with Gasteiger partial charge < -0.3 is 4.74 Å². The standard InChI is InChI=1S/C9H12N4O3S3/c1-16-9-8(12-19(14,15)13-9)11-2-4-17-6-7-10-3-5-18-7/h3,5H,2,4,6H2,1H3,(H,11,12). The predicted molar refractivity (Wildman–Crippen MR) is 77.1 cm³/mol. The fourth-order valence-corrected chi connectivity index (χ4v) is 3.64. The highest BCUT2D eigenvalue weighted by atomic mass is 32.2. The van der Waals surface area contributed by atoms with Gasteiger partial charge in [0.2, 0.25) is 5.84 Å². The predicted octanol–water partition coefficient (Wildman–Crippen LogP) is 0.668. The van der Waals surface area contributed by atoms with E-state index >= 15 is 0 Å². The molecule has 19 heavy (non-hydrogen) atoms. The Morgan fingerprint density at radius 1 is 1.58 bits per heavy atom. The van der Waals surface area contributed by atoms with Crippen LogP contribution in [0.2, 0.25) is 0 Å². The number of thiazole rings is 1. The van der Waals surface area contributed by atoms with Gasteiger partial charge in [0.15, 0.2) is 0 Å². The summed E-state index contributed by atoms with van der Waals surface area (Å²) in [5, 5.41) is 3.00. The van der Waals surface area contributed by atoms with Crippen LogP contribution in [0.1, 0.15) is 5.01 Å². The van der Waals surface area contributed by atoms with Gasteiger partial charge in [-0.05, 0) is 0 Å². The van der Waals surface area contributed by atoms with Gasteiger partial charge in [-0.2, -0.15) is 20.2 Å². The molecule has 1 aromatic heterocycles. The molecule has 0 bridgehead atoms. The minimum absolute atomic E-state index is 0.00456. The lowest BCUT2D eigenvalue weighted by Crippen LogP contribution is -2.27. The number of hydrogen-bond acceptors (Lipinski definition) is 7. The van der Waals surface area contributed by atoms with Crippen molar-refractivity contribution in [1.29, 1.82) is 0 Å². The Labute approximate surface area is 119 Å². The Hall–Kier alpha value is -1.13. The zero-order valence-corrected chi connectivity index (χ0v) is 12.5. The molecule has 1 aliphatic rings. The summed E-state index contributed by atoms with van der Waals surface area (Å²) in [6.45, 7) is 0.482. The van der Waals surface area contributed by atoms with Crippen LogP contribution in [0, 0.1) is 0 Å². The van der Waals surface area contributed by atoms with Gasteiger partial charge in [0.25, 0.3) is 5.90 Å². The minimum Gasteiger partial charge on any atom is -0.478 e. The molecule has 1 N–H and O–H groups in total. The Bertz CT molecular complexity index is 580. The molecule has 0 aromatic carbocycles. The third-order valence-corrected chi connectivity index (χ3v) is 4.81. The largest absolute Gasteiger partial charge is 0.478 e. The third-order valence-electron chi connectivity index (χ3n) is 2.04. The van der Waals surface area contributed by atoms with E-state index in [1.54, 1.807) is 29.3 Å². The second kappa shape index (κ2) is 6.35. The lowest BCUT2D eigenvalue weighted by Gasteiger charge is -2.00. The van der Waals surface area contributed by atoms with Crippen molar-refractivity contribution in [3.63, 3.8) is 0 Å². The van der Waals surface area contributed by atoms with E-state index in [0.29, 0.717) is 6.54 Å². The van der Waals surface area contributed by atoms with Gasteiger partial charge in [-0.25, -0.2) is 9.71 Å². The van der Waals surface area contributed by atoms with Crippen LogP contribution in [0.5, 0.6) is 0 Å². The van der Waals surface area contributed by atoms with Crippen LogP contribution in [0.3, 0.4) is 0 Å². The second-order valence-electron chi connectivity index (χ2n) is 3.39. The number of hydrogen-bond donors (Lipinski definition) is 1. The van der Waals surface area contributed by atoms with Crippen molar-refractivity contribution in [2.45, 2.75) is 5.75 Å². The summed E-state index contributed by atoms with van der Waals surface area (Å²) in [4.78, 5) is 8.29. The van der Waals surface area contributed by atoms with Crippen LogP contribution in [-0.2, 0) is 20.7 Å². The molecule has 10 heteroatoms. The Kier molecular flexibility index (Phi) is 4.77. The summed E-state index contributed by atoms with van der Waals surface area (Å²) in [6, 6.07) is 0. The molecule has 0 unspecified atom stereocenters. The van der Waals surface area contributed by atoms with E-state index in [0.717, 1.165) is 16.5 Å². The maximum absolute atomic E-state index is 11.2. The second-order valence-corrected chi connectivity index (χ2v) is 6.81. The highest BCUT2D eigenvalue weighted by Gasteiger charge is 2.26. The van der Waals surface area contributed by atoms with E-state index in [9.17, 15) is 8.42 Å². The van der Waals surface area contributed by atoms with Gasteiger partial charge in [0.05, 0.1) is 13.7 Å². The smallest absolute Gasteiger partial charge is 0.347 e. The number of ether oxygens (including phenoxy) is 1. The first-order valence-electron chi connectivity index (χ1n) is 5.28. The SMILES string of the molecule is COC1=NS(=O)(=O)NC1=NCCSCc1nccs1. The van der Waals surface area contributed by atoms with Crippen molar-refractivity contribution >= 4 is 45.0 Å². The summed E-state index contributed by atoms with van der Waals surface area (Å²) in [6.07, 6.45) is 1.77. The van der Waals surface area contributed by atoms with E-state index in [1.165, 1.54) is 7.11 Å². The molecule has 7 nitrogen and oxygen atoms in total. The van der Waals surface area contributed by atoms with Crippen LogP contribution >= 0.6 is 23.1 Å². The van der Waals surface area contributed by atoms with Gasteiger partial charge in [0.1, 0.15) is 5.01 Å². The monoisotopic (exact) mass is 320 g/mol. The number of amidine groups is 1. The zero-order chi connectivity index (χ0) is 13.7. The first-order valence-corrected chi connectivity index (χ1v) is 8.76. The van der Waals surface area contributed by atoms with Crippen molar-refractivity contribution in [2.24, 2.45) is 9.39 Å². The molecular weight excluding hydrogens is 308 g/mol. The first kappa shape index (κ1) is 14.3. The molecule has 2 rings (SSSR count). The van der Waals surface area contributed by atoms with Gasteiger partial charge in [-0.1, -0.05) is 0 Å². The molecule has 0 aliphatic carbocycles. The fourth-order valence-electron chi connectivity index (χ4n) is 1.28. The van der Waals surface area contributed by atoms with Crippen LogP contribution in [0.25, 0.3) is 0 Å². The maximum Gasteiger partial charge on any atom is 0.347 e. The highest BCUT2D eigenvalue weighted by molar-refractivity contribution is 7.98. The highest BCUT2D eigenvalue weighted by Crippen LogP contribution is 2.14. The summed E-state index contributed by atoms with van der Waals surface area (Å²) < 4.78 is 32.8. The Morgan fingerprint density at radius 2 is 2.42 bits per heavy atom. The quantitative estimate of drug-likeness (QED) is 0.805. The molecule has 0 saturated carbocycles. The number of rotatable bonds is 5. The molecule has 104 valence electrons. The lowest BCUT2D eigenvalue weighted by atomic mass is 10.6. The van der Waals surface area contributed by atoms with Crippen molar-refractivity contribution in [3.8, 4) is 0 Å². The fraction of sp³-hybridized carbons (Fsp3) is 0.444. The third kappa shape index (κ3) is 4.18. The molecular formula is C9H12N4O3S3. The number of aliphatic imine (C=N–C) groups is 1. The van der Waals surface area contributed by atoms with Crippen molar-refractivity contribution in [1.82, 2.24) is 9.71 Å². The van der Waals surface area contributed by atoms with Crippen molar-refractivity contribution in [3.05, 3.63) is 16.6 Å². The van der Waals surface area contributed by atoms with Crippen molar-refractivity contribution < 1.29 is 13.2 Å². The normalized spacial score (nSPS) is 19.2. The number of nitrogens with one attached hydrogen (secondary N) is 1. The molecule has 0 amide bonds. The topological polar surface area (TPSA) is 93.0 Å². The van der Waals surface area contributed by atoms with Crippen LogP contribution in [0.4, 0.5) is 0 Å². The minimum atomic E-state index is -3.67. The lowest BCUT2D eigenvalue weighted by molar-refractivity contribution is 0.412. The molecule has 0 fully saturated rings. The Balaban J connectivity index is 1.78. The van der Waals surface area contributed by atoms with E-state index in [1.807, 2.05) is 5.38 Å².